The summed E-state index contributed by atoms with van der Waals surface area (Å²) in [6, 6.07) is 7.58. The number of rotatable bonds is 5. The van der Waals surface area contributed by atoms with Crippen LogP contribution in [-0.4, -0.2) is 20.8 Å². The summed E-state index contributed by atoms with van der Waals surface area (Å²) in [6.45, 7) is 1.62. The van der Waals surface area contributed by atoms with E-state index >= 15 is 0 Å². The summed E-state index contributed by atoms with van der Waals surface area (Å²) in [6.07, 6.45) is 1.20. The number of nitrogens with two attached hydrogens (primary N) is 1. The number of sulfonamides is 1. The molecule has 0 aliphatic rings. The van der Waals surface area contributed by atoms with Gasteiger partial charge in [-0.15, -0.1) is 0 Å². The highest BCUT2D eigenvalue weighted by atomic mass is 32.2. The minimum atomic E-state index is -3.42. The molecule has 0 bridgehead atoms. The van der Waals surface area contributed by atoms with Crippen molar-refractivity contribution in [2.45, 2.75) is 25.0 Å². The SMILES string of the molecule is COc1cccc(CCC(C)S(N)(=O)=O)c1. The molecule has 0 radical (unpaired) electrons. The van der Waals surface area contributed by atoms with E-state index in [1.165, 1.54) is 0 Å². The van der Waals surface area contributed by atoms with Gasteiger partial charge in [0, 0.05) is 0 Å². The van der Waals surface area contributed by atoms with E-state index < -0.39 is 15.3 Å². The molecule has 0 fully saturated rings. The lowest BCUT2D eigenvalue weighted by Crippen LogP contribution is -2.26. The summed E-state index contributed by atoms with van der Waals surface area (Å²) in [5.74, 6) is 0.778. The van der Waals surface area contributed by atoms with Crippen molar-refractivity contribution in [3.05, 3.63) is 29.8 Å². The van der Waals surface area contributed by atoms with Crippen LogP contribution in [0, 0.1) is 0 Å². The molecule has 5 heteroatoms. The Hall–Kier alpha value is -1.07. The molecule has 0 aromatic heterocycles. The summed E-state index contributed by atoms with van der Waals surface area (Å²) < 4.78 is 27.1. The third-order valence-corrected chi connectivity index (χ3v) is 3.89. The lowest BCUT2D eigenvalue weighted by Gasteiger charge is -2.09. The van der Waals surface area contributed by atoms with Gasteiger partial charge in [-0.05, 0) is 37.5 Å². The van der Waals surface area contributed by atoms with Crippen LogP contribution in [-0.2, 0) is 16.4 Å². The van der Waals surface area contributed by atoms with E-state index in [0.29, 0.717) is 12.8 Å². The molecular formula is C11H17NO3S. The third-order valence-electron chi connectivity index (χ3n) is 2.53. The van der Waals surface area contributed by atoms with Gasteiger partial charge in [-0.25, -0.2) is 13.6 Å². The Bertz CT molecular complexity index is 442. The van der Waals surface area contributed by atoms with Crippen LogP contribution in [0.1, 0.15) is 18.9 Å². The number of benzene rings is 1. The zero-order valence-corrected chi connectivity index (χ0v) is 10.3. The number of hydrogen-bond acceptors (Lipinski definition) is 3. The molecule has 90 valence electrons. The van der Waals surface area contributed by atoms with Gasteiger partial charge in [0.2, 0.25) is 10.0 Å². The van der Waals surface area contributed by atoms with Gasteiger partial charge in [0.1, 0.15) is 5.75 Å². The fourth-order valence-electron chi connectivity index (χ4n) is 1.36. The average Bonchev–Trinajstić information content (AvgIpc) is 2.25. The Kier molecular flexibility index (Phi) is 4.32. The van der Waals surface area contributed by atoms with Gasteiger partial charge < -0.3 is 4.74 Å². The van der Waals surface area contributed by atoms with Crippen LogP contribution in [0.25, 0.3) is 0 Å². The summed E-state index contributed by atoms with van der Waals surface area (Å²) in [5.41, 5.74) is 1.05. The molecule has 1 unspecified atom stereocenters. The Balaban J connectivity index is 2.61. The molecule has 0 amide bonds. The highest BCUT2D eigenvalue weighted by Crippen LogP contribution is 2.15. The van der Waals surface area contributed by atoms with Crippen molar-refractivity contribution in [2.24, 2.45) is 5.14 Å². The van der Waals surface area contributed by atoms with E-state index in [9.17, 15) is 8.42 Å². The summed E-state index contributed by atoms with van der Waals surface area (Å²) in [5, 5.41) is 4.53. The number of hydrogen-bond donors (Lipinski definition) is 1. The summed E-state index contributed by atoms with van der Waals surface area (Å²) in [4.78, 5) is 0. The molecule has 0 heterocycles. The predicted octanol–water partition coefficient (Wildman–Crippen LogP) is 1.30. The zero-order valence-electron chi connectivity index (χ0n) is 9.51. The molecule has 1 atom stereocenters. The molecule has 2 N–H and O–H groups in total. The van der Waals surface area contributed by atoms with Crippen molar-refractivity contribution in [3.8, 4) is 5.75 Å². The monoisotopic (exact) mass is 243 g/mol. The molecule has 0 saturated carbocycles. The molecule has 1 aromatic rings. The minimum Gasteiger partial charge on any atom is -0.497 e. The van der Waals surface area contributed by atoms with Crippen molar-refractivity contribution < 1.29 is 13.2 Å². The van der Waals surface area contributed by atoms with Crippen LogP contribution in [0.3, 0.4) is 0 Å². The molecule has 1 aromatic carbocycles. The number of primary sulfonamides is 1. The molecule has 0 aliphatic carbocycles. The standard InChI is InChI=1S/C11H17NO3S/c1-9(16(12,13)14)6-7-10-4-3-5-11(8-10)15-2/h3-5,8-9H,6-7H2,1-2H3,(H2,12,13,14). The first-order valence-corrected chi connectivity index (χ1v) is 6.69. The number of methoxy groups -OCH3 is 1. The molecule has 0 spiro atoms. The predicted molar refractivity (Wildman–Crippen MR) is 63.9 cm³/mol. The second kappa shape index (κ2) is 5.32. The van der Waals surface area contributed by atoms with Crippen molar-refractivity contribution in [1.29, 1.82) is 0 Å². The van der Waals surface area contributed by atoms with Gasteiger partial charge in [0.05, 0.1) is 12.4 Å². The number of aryl methyl sites for hydroxylation is 1. The van der Waals surface area contributed by atoms with Gasteiger partial charge in [-0.1, -0.05) is 12.1 Å². The van der Waals surface area contributed by atoms with Crippen LogP contribution in [0.15, 0.2) is 24.3 Å². The van der Waals surface area contributed by atoms with E-state index in [2.05, 4.69) is 0 Å². The van der Waals surface area contributed by atoms with E-state index in [4.69, 9.17) is 9.88 Å². The van der Waals surface area contributed by atoms with E-state index in [0.717, 1.165) is 11.3 Å². The molecule has 1 rings (SSSR count). The van der Waals surface area contributed by atoms with Gasteiger partial charge in [0.25, 0.3) is 0 Å². The molecular weight excluding hydrogens is 226 g/mol. The largest absolute Gasteiger partial charge is 0.497 e. The first-order valence-electron chi connectivity index (χ1n) is 5.08. The maximum atomic E-state index is 11.0. The average molecular weight is 243 g/mol. The van der Waals surface area contributed by atoms with Crippen molar-refractivity contribution >= 4 is 10.0 Å². The minimum absolute atomic E-state index is 0.515. The van der Waals surface area contributed by atoms with Crippen LogP contribution in [0.4, 0.5) is 0 Å². The zero-order chi connectivity index (χ0) is 12.2. The van der Waals surface area contributed by atoms with Gasteiger partial charge >= 0.3 is 0 Å². The van der Waals surface area contributed by atoms with Crippen molar-refractivity contribution in [2.75, 3.05) is 7.11 Å². The van der Waals surface area contributed by atoms with Crippen LogP contribution >= 0.6 is 0 Å². The van der Waals surface area contributed by atoms with Crippen LogP contribution in [0.5, 0.6) is 5.75 Å². The second-order valence-corrected chi connectivity index (χ2v) is 5.77. The molecule has 4 nitrogen and oxygen atoms in total. The normalized spacial score (nSPS) is 13.4. The third kappa shape index (κ3) is 3.83. The van der Waals surface area contributed by atoms with Crippen molar-refractivity contribution in [1.82, 2.24) is 0 Å². The Morgan fingerprint density at radius 2 is 2.12 bits per heavy atom. The molecule has 0 aliphatic heterocycles. The smallest absolute Gasteiger partial charge is 0.211 e. The van der Waals surface area contributed by atoms with E-state index in [1.54, 1.807) is 14.0 Å². The van der Waals surface area contributed by atoms with Crippen LogP contribution in [0.2, 0.25) is 0 Å². The highest BCUT2D eigenvalue weighted by molar-refractivity contribution is 7.89. The second-order valence-electron chi connectivity index (χ2n) is 3.79. The van der Waals surface area contributed by atoms with Gasteiger partial charge in [-0.3, -0.25) is 0 Å². The van der Waals surface area contributed by atoms with Gasteiger partial charge in [0.15, 0.2) is 0 Å². The molecule has 0 saturated heterocycles. The number of ether oxygens (including phenoxy) is 1. The lowest BCUT2D eigenvalue weighted by atomic mass is 10.1. The van der Waals surface area contributed by atoms with Crippen molar-refractivity contribution in [3.63, 3.8) is 0 Å². The topological polar surface area (TPSA) is 69.4 Å². The quantitative estimate of drug-likeness (QED) is 0.847. The molecule has 16 heavy (non-hydrogen) atoms. The van der Waals surface area contributed by atoms with E-state index in [-0.39, 0.29) is 0 Å². The van der Waals surface area contributed by atoms with E-state index in [1.807, 2.05) is 24.3 Å². The maximum Gasteiger partial charge on any atom is 0.211 e. The summed E-state index contributed by atoms with van der Waals surface area (Å²) >= 11 is 0. The Morgan fingerprint density at radius 3 is 2.69 bits per heavy atom. The van der Waals surface area contributed by atoms with Crippen LogP contribution < -0.4 is 9.88 Å². The fourth-order valence-corrected chi connectivity index (χ4v) is 1.81. The Morgan fingerprint density at radius 1 is 1.44 bits per heavy atom. The highest BCUT2D eigenvalue weighted by Gasteiger charge is 2.14. The summed E-state index contributed by atoms with van der Waals surface area (Å²) in [7, 11) is -1.82. The Labute approximate surface area is 96.5 Å². The first kappa shape index (κ1) is 13.0. The maximum absolute atomic E-state index is 11.0. The first-order chi connectivity index (χ1) is 7.43. The fraction of sp³-hybridized carbons (Fsp3) is 0.455. The van der Waals surface area contributed by atoms with Gasteiger partial charge in [-0.2, -0.15) is 0 Å². The lowest BCUT2D eigenvalue weighted by molar-refractivity contribution is 0.414.